The van der Waals surface area contributed by atoms with E-state index in [-0.39, 0.29) is 0 Å². The molecule has 0 unspecified atom stereocenters. The number of para-hydroxylation sites is 2. The molecule has 0 N–H and O–H groups in total. The van der Waals surface area contributed by atoms with Gasteiger partial charge in [0, 0.05) is 71.0 Å². The highest BCUT2D eigenvalue weighted by atomic mass is 32.1. The first-order valence-electron chi connectivity index (χ1n) is 21.0. The summed E-state index contributed by atoms with van der Waals surface area (Å²) in [7, 11) is 0. The molecule has 1 aliphatic rings. The second kappa shape index (κ2) is 15.0. The summed E-state index contributed by atoms with van der Waals surface area (Å²) >= 11 is 1.87. The van der Waals surface area contributed by atoms with Crippen molar-refractivity contribution in [2.45, 2.75) is 0 Å². The van der Waals surface area contributed by atoms with Crippen LogP contribution in [0.25, 0.3) is 64.3 Å². The molecular weight excluding hydrogens is 773 g/mol. The van der Waals surface area contributed by atoms with Gasteiger partial charge in [-0.25, -0.2) is 0 Å². The standard InChI is InChI=1S/C58H38N2OS/c1-4-14-39(15-5-1)40-26-30-44(31-27-40)60(45-32-28-41(29-33-45)47-21-12-23-51-49-20-10-11-25-56(49)62-58(47)51)53-36-37-54-57-50(22-13-24-52(53)57)48-35-34-46(38-55(48)61-54)59(42-16-6-2-7-17-42)43-18-8-3-9-19-43/h1-38H. The fourth-order valence-corrected chi connectivity index (χ4v) is 10.4. The maximum atomic E-state index is 6.90. The Morgan fingerprint density at radius 1 is 0.323 bits per heavy atom. The number of benzene rings is 10. The van der Waals surface area contributed by atoms with Crippen molar-refractivity contribution in [1.82, 2.24) is 0 Å². The number of nitrogens with zero attached hydrogens (tertiary/aromatic N) is 2. The van der Waals surface area contributed by atoms with Gasteiger partial charge in [-0.05, 0) is 107 Å². The Kier molecular flexibility index (Phi) is 8.68. The van der Waals surface area contributed by atoms with Gasteiger partial charge in [0.05, 0.1) is 5.69 Å². The summed E-state index contributed by atoms with van der Waals surface area (Å²) in [5, 5.41) is 4.84. The van der Waals surface area contributed by atoms with E-state index in [9.17, 15) is 0 Å². The zero-order valence-electron chi connectivity index (χ0n) is 33.7. The predicted octanol–water partition coefficient (Wildman–Crippen LogP) is 17.3. The quantitative estimate of drug-likeness (QED) is 0.152. The smallest absolute Gasteiger partial charge is 0.137 e. The van der Waals surface area contributed by atoms with E-state index >= 15 is 0 Å². The van der Waals surface area contributed by atoms with Gasteiger partial charge in [-0.1, -0.05) is 146 Å². The molecule has 0 radical (unpaired) electrons. The Morgan fingerprint density at radius 3 is 1.58 bits per heavy atom. The Bertz CT molecular complexity index is 3380. The molecule has 0 spiro atoms. The third-order valence-electron chi connectivity index (χ3n) is 12.1. The minimum Gasteiger partial charge on any atom is -0.456 e. The van der Waals surface area contributed by atoms with Crippen LogP contribution >= 0.6 is 11.3 Å². The normalized spacial score (nSPS) is 11.7. The molecule has 2 heterocycles. The fourth-order valence-electron chi connectivity index (χ4n) is 9.17. The van der Waals surface area contributed by atoms with Gasteiger partial charge in [-0.2, -0.15) is 0 Å². The third-order valence-corrected chi connectivity index (χ3v) is 13.3. The number of ether oxygens (including phenoxy) is 1. The van der Waals surface area contributed by atoms with Gasteiger partial charge in [-0.3, -0.25) is 0 Å². The van der Waals surface area contributed by atoms with Crippen LogP contribution in [0, 0.1) is 0 Å². The molecule has 0 saturated carbocycles. The summed E-state index contributed by atoms with van der Waals surface area (Å²) in [4.78, 5) is 4.66. The van der Waals surface area contributed by atoms with Crippen molar-refractivity contribution in [3.8, 4) is 44.9 Å². The molecule has 4 heteroatoms. The van der Waals surface area contributed by atoms with Crippen molar-refractivity contribution in [3.05, 3.63) is 231 Å². The minimum absolute atomic E-state index is 0.838. The monoisotopic (exact) mass is 810 g/mol. The lowest BCUT2D eigenvalue weighted by Crippen LogP contribution is -2.12. The second-order valence-corrected chi connectivity index (χ2v) is 16.7. The molecule has 0 aliphatic carbocycles. The number of hydrogen-bond donors (Lipinski definition) is 0. The average molecular weight is 811 g/mol. The van der Waals surface area contributed by atoms with Crippen LogP contribution < -0.4 is 14.5 Å². The van der Waals surface area contributed by atoms with E-state index in [0.717, 1.165) is 67.5 Å². The van der Waals surface area contributed by atoms with Crippen LogP contribution in [0.1, 0.15) is 0 Å². The molecule has 292 valence electrons. The Labute approximate surface area is 364 Å². The van der Waals surface area contributed by atoms with Gasteiger partial charge in [0.1, 0.15) is 11.5 Å². The van der Waals surface area contributed by atoms with Crippen LogP contribution in [-0.2, 0) is 0 Å². The average Bonchev–Trinajstić information content (AvgIpc) is 3.73. The van der Waals surface area contributed by atoms with Crippen molar-refractivity contribution < 1.29 is 4.74 Å². The molecular formula is C58H38N2OS. The summed E-state index contributed by atoms with van der Waals surface area (Å²) in [5.41, 5.74) is 13.5. The number of fused-ring (bicyclic) bond motifs is 5. The van der Waals surface area contributed by atoms with Crippen LogP contribution in [0.5, 0.6) is 11.5 Å². The summed E-state index contributed by atoms with van der Waals surface area (Å²) in [5.74, 6) is 1.69. The zero-order valence-corrected chi connectivity index (χ0v) is 34.5. The van der Waals surface area contributed by atoms with E-state index in [2.05, 4.69) is 240 Å². The van der Waals surface area contributed by atoms with Gasteiger partial charge in [0.2, 0.25) is 0 Å². The van der Waals surface area contributed by atoms with E-state index in [1.165, 1.54) is 42.4 Å². The van der Waals surface area contributed by atoms with Crippen LogP contribution in [0.15, 0.2) is 231 Å². The number of anilines is 6. The fraction of sp³-hybridized carbons (Fsp3) is 0. The van der Waals surface area contributed by atoms with E-state index in [1.54, 1.807) is 0 Å². The van der Waals surface area contributed by atoms with E-state index < -0.39 is 0 Å². The molecule has 10 aromatic carbocycles. The summed E-state index contributed by atoms with van der Waals surface area (Å²) < 4.78 is 9.53. The predicted molar refractivity (Wildman–Crippen MR) is 263 cm³/mol. The number of thiophene rings is 1. The molecule has 0 fully saturated rings. The second-order valence-electron chi connectivity index (χ2n) is 15.7. The molecule has 12 rings (SSSR count). The molecule has 0 atom stereocenters. The zero-order chi connectivity index (χ0) is 41.0. The van der Waals surface area contributed by atoms with Gasteiger partial charge in [-0.15, -0.1) is 11.3 Å². The molecule has 0 saturated heterocycles. The lowest BCUT2D eigenvalue weighted by molar-refractivity contribution is 0.487. The minimum atomic E-state index is 0.838. The van der Waals surface area contributed by atoms with Gasteiger partial charge < -0.3 is 14.5 Å². The molecule has 0 bridgehead atoms. The van der Waals surface area contributed by atoms with Gasteiger partial charge in [0.15, 0.2) is 0 Å². The van der Waals surface area contributed by atoms with Crippen LogP contribution in [0.2, 0.25) is 0 Å². The summed E-state index contributed by atoms with van der Waals surface area (Å²) in [6.07, 6.45) is 0. The highest BCUT2D eigenvalue weighted by molar-refractivity contribution is 7.26. The highest BCUT2D eigenvalue weighted by Crippen LogP contribution is 2.52. The topological polar surface area (TPSA) is 15.7 Å². The van der Waals surface area contributed by atoms with E-state index in [1.807, 2.05) is 11.3 Å². The Morgan fingerprint density at radius 2 is 0.871 bits per heavy atom. The number of hydrogen-bond acceptors (Lipinski definition) is 4. The lowest BCUT2D eigenvalue weighted by atomic mass is 9.93. The lowest BCUT2D eigenvalue weighted by Gasteiger charge is -2.30. The van der Waals surface area contributed by atoms with Crippen LogP contribution in [0.3, 0.4) is 0 Å². The Balaban J connectivity index is 0.978. The first-order chi connectivity index (χ1) is 30.7. The summed E-state index contributed by atoms with van der Waals surface area (Å²) in [6.45, 7) is 0. The maximum Gasteiger partial charge on any atom is 0.137 e. The van der Waals surface area contributed by atoms with E-state index in [0.29, 0.717) is 0 Å². The highest BCUT2D eigenvalue weighted by Gasteiger charge is 2.26. The first kappa shape index (κ1) is 36.0. The number of rotatable bonds is 8. The van der Waals surface area contributed by atoms with Crippen LogP contribution in [-0.4, -0.2) is 0 Å². The molecule has 1 aromatic heterocycles. The largest absolute Gasteiger partial charge is 0.456 e. The first-order valence-corrected chi connectivity index (χ1v) is 21.8. The van der Waals surface area contributed by atoms with Crippen LogP contribution in [0.4, 0.5) is 34.1 Å². The maximum absolute atomic E-state index is 6.90. The van der Waals surface area contributed by atoms with Gasteiger partial charge >= 0.3 is 0 Å². The molecule has 3 nitrogen and oxygen atoms in total. The van der Waals surface area contributed by atoms with Crippen molar-refractivity contribution in [2.75, 3.05) is 9.80 Å². The third kappa shape index (κ3) is 6.11. The van der Waals surface area contributed by atoms with Crippen molar-refractivity contribution in [1.29, 1.82) is 0 Å². The molecule has 0 amide bonds. The SMILES string of the molecule is c1ccc(-c2ccc(N(c3ccc(-c4cccc5c4sc4ccccc45)cc3)c3ccc4c5c(cccc35)-c3ccc(N(c5ccccc5)c5ccccc5)cc3O4)cc2)cc1. The molecule has 62 heavy (non-hydrogen) atoms. The summed E-state index contributed by atoms with van der Waals surface area (Å²) in [6, 6.07) is 82.6. The van der Waals surface area contributed by atoms with Gasteiger partial charge in [0.25, 0.3) is 0 Å². The van der Waals surface area contributed by atoms with E-state index in [4.69, 9.17) is 4.74 Å². The Hall–Kier alpha value is -7.92. The van der Waals surface area contributed by atoms with Crippen molar-refractivity contribution >= 4 is 76.4 Å². The molecule has 1 aliphatic heterocycles. The van der Waals surface area contributed by atoms with Crippen molar-refractivity contribution in [3.63, 3.8) is 0 Å². The van der Waals surface area contributed by atoms with Crippen molar-refractivity contribution in [2.24, 2.45) is 0 Å². The molecule has 11 aromatic rings.